The lowest BCUT2D eigenvalue weighted by Gasteiger charge is -2.36. The van der Waals surface area contributed by atoms with Crippen molar-refractivity contribution < 1.29 is 9.90 Å². The Labute approximate surface area is 144 Å². The van der Waals surface area contributed by atoms with Crippen LogP contribution in [0.5, 0.6) is 0 Å². The second-order valence-electron chi connectivity index (χ2n) is 7.45. The number of hydrogen-bond donors (Lipinski definition) is 3. The molecule has 3 N–H and O–H groups in total. The summed E-state index contributed by atoms with van der Waals surface area (Å²) in [5.41, 5.74) is 1.68. The Balaban J connectivity index is 1.41. The van der Waals surface area contributed by atoms with E-state index in [4.69, 9.17) is 0 Å². The van der Waals surface area contributed by atoms with Gasteiger partial charge in [-0.25, -0.2) is 4.79 Å². The molecule has 1 saturated carbocycles. The van der Waals surface area contributed by atoms with Crippen LogP contribution in [0.3, 0.4) is 0 Å². The first-order valence-corrected chi connectivity index (χ1v) is 9.12. The molecule has 1 aromatic rings. The van der Waals surface area contributed by atoms with E-state index >= 15 is 0 Å². The highest BCUT2D eigenvalue weighted by molar-refractivity contribution is 5.73. The summed E-state index contributed by atoms with van der Waals surface area (Å²) in [7, 11) is 0. The van der Waals surface area contributed by atoms with E-state index in [-0.39, 0.29) is 6.03 Å². The number of nitrogens with one attached hydrogen (secondary N) is 2. The van der Waals surface area contributed by atoms with Gasteiger partial charge in [0.25, 0.3) is 0 Å². The second kappa shape index (κ2) is 7.43. The summed E-state index contributed by atoms with van der Waals surface area (Å²) in [4.78, 5) is 14.2. The third-order valence-electron chi connectivity index (χ3n) is 5.40. The van der Waals surface area contributed by atoms with Crippen molar-refractivity contribution in [1.29, 1.82) is 0 Å². The molecule has 0 aromatic heterocycles. The van der Waals surface area contributed by atoms with E-state index in [0.717, 1.165) is 43.8 Å². The number of urea groups is 1. The van der Waals surface area contributed by atoms with Crippen LogP contribution in [0.2, 0.25) is 0 Å². The predicted octanol–water partition coefficient (Wildman–Crippen LogP) is 2.64. The van der Waals surface area contributed by atoms with Crippen LogP contribution < -0.4 is 15.5 Å². The highest BCUT2D eigenvalue weighted by Crippen LogP contribution is 2.30. The average molecular weight is 331 g/mol. The smallest absolute Gasteiger partial charge is 0.315 e. The zero-order chi connectivity index (χ0) is 17.0. The molecule has 2 amide bonds. The summed E-state index contributed by atoms with van der Waals surface area (Å²) < 4.78 is 0. The highest BCUT2D eigenvalue weighted by atomic mass is 16.3. The maximum Gasteiger partial charge on any atom is 0.315 e. The average Bonchev–Trinajstić information content (AvgIpc) is 2.57. The van der Waals surface area contributed by atoms with Crippen LogP contribution in [0, 0.1) is 5.92 Å². The number of carbonyl (C=O) groups is 1. The summed E-state index contributed by atoms with van der Waals surface area (Å²) in [6, 6.07) is 8.22. The first kappa shape index (κ1) is 17.1. The van der Waals surface area contributed by atoms with Gasteiger partial charge in [-0.3, -0.25) is 0 Å². The normalized spacial score (nSPS) is 20.3. The summed E-state index contributed by atoms with van der Waals surface area (Å²) in [5.74, 6) is 0.834. The van der Waals surface area contributed by atoms with Gasteiger partial charge in [-0.15, -0.1) is 0 Å². The van der Waals surface area contributed by atoms with Gasteiger partial charge in [0.05, 0.1) is 5.60 Å². The van der Waals surface area contributed by atoms with Crippen LogP contribution in [0.1, 0.15) is 44.6 Å². The molecule has 132 valence electrons. The van der Waals surface area contributed by atoms with Gasteiger partial charge in [0.2, 0.25) is 0 Å². The van der Waals surface area contributed by atoms with Crippen molar-refractivity contribution in [2.75, 3.05) is 24.5 Å². The number of anilines is 1. The largest absolute Gasteiger partial charge is 0.388 e. The zero-order valence-corrected chi connectivity index (χ0v) is 14.6. The standard InChI is InChI=1S/C19H29N3O2/c1-15-7-11-22(12-8-15)17-5-3-16(4-6-17)13-20-18(23)21-14-19(24)9-2-10-19/h3-6,15,24H,2,7-14H2,1H3,(H2,20,21,23). The Kier molecular flexibility index (Phi) is 5.29. The van der Waals surface area contributed by atoms with Crippen LogP contribution in [0.25, 0.3) is 0 Å². The molecule has 0 unspecified atom stereocenters. The molecule has 1 aromatic carbocycles. The molecule has 1 aliphatic carbocycles. The van der Waals surface area contributed by atoms with Crippen molar-refractivity contribution in [1.82, 2.24) is 10.6 Å². The van der Waals surface area contributed by atoms with Gasteiger partial charge in [0.1, 0.15) is 0 Å². The summed E-state index contributed by atoms with van der Waals surface area (Å²) in [6.07, 6.45) is 5.13. The molecule has 1 aliphatic heterocycles. The summed E-state index contributed by atoms with van der Waals surface area (Å²) >= 11 is 0. The molecule has 2 fully saturated rings. The van der Waals surface area contributed by atoms with E-state index in [1.54, 1.807) is 0 Å². The summed E-state index contributed by atoms with van der Waals surface area (Å²) in [5, 5.41) is 15.6. The van der Waals surface area contributed by atoms with Crippen LogP contribution in [-0.4, -0.2) is 36.4 Å². The van der Waals surface area contributed by atoms with Crippen molar-refractivity contribution in [3.63, 3.8) is 0 Å². The van der Waals surface area contributed by atoms with E-state index < -0.39 is 5.60 Å². The van der Waals surface area contributed by atoms with Crippen LogP contribution in [0.4, 0.5) is 10.5 Å². The number of hydrogen-bond acceptors (Lipinski definition) is 3. The second-order valence-corrected chi connectivity index (χ2v) is 7.45. The van der Waals surface area contributed by atoms with Gasteiger partial charge in [-0.2, -0.15) is 0 Å². The quantitative estimate of drug-likeness (QED) is 0.777. The molecule has 0 spiro atoms. The molecular weight excluding hydrogens is 302 g/mol. The highest BCUT2D eigenvalue weighted by Gasteiger charge is 2.34. The molecule has 1 saturated heterocycles. The molecule has 0 atom stereocenters. The van der Waals surface area contributed by atoms with Gasteiger partial charge in [0, 0.05) is 31.9 Å². The van der Waals surface area contributed by atoms with Crippen molar-refractivity contribution >= 4 is 11.7 Å². The molecule has 0 radical (unpaired) electrons. The minimum atomic E-state index is -0.676. The third-order valence-corrected chi connectivity index (χ3v) is 5.40. The molecule has 2 aliphatic rings. The van der Waals surface area contributed by atoms with Crippen molar-refractivity contribution in [3.8, 4) is 0 Å². The van der Waals surface area contributed by atoms with Gasteiger partial charge in [-0.05, 0) is 55.7 Å². The van der Waals surface area contributed by atoms with E-state index in [0.29, 0.717) is 13.1 Å². The predicted molar refractivity (Wildman–Crippen MR) is 96.1 cm³/mol. The Morgan fingerprint density at radius 1 is 1.21 bits per heavy atom. The minimum absolute atomic E-state index is 0.218. The Morgan fingerprint density at radius 3 is 2.46 bits per heavy atom. The SMILES string of the molecule is CC1CCN(c2ccc(CNC(=O)NCC3(O)CCC3)cc2)CC1. The van der Waals surface area contributed by atoms with Crippen LogP contribution in [-0.2, 0) is 6.54 Å². The lowest BCUT2D eigenvalue weighted by Crippen LogP contribution is -2.49. The van der Waals surface area contributed by atoms with Crippen molar-refractivity contribution in [2.45, 2.75) is 51.2 Å². The zero-order valence-electron chi connectivity index (χ0n) is 14.6. The van der Waals surface area contributed by atoms with E-state index in [1.165, 1.54) is 18.5 Å². The first-order chi connectivity index (χ1) is 11.5. The van der Waals surface area contributed by atoms with Crippen LogP contribution >= 0.6 is 0 Å². The van der Waals surface area contributed by atoms with Gasteiger partial charge in [-0.1, -0.05) is 19.1 Å². The Hall–Kier alpha value is -1.75. The molecule has 0 bridgehead atoms. The fourth-order valence-electron chi connectivity index (χ4n) is 3.34. The minimum Gasteiger partial charge on any atom is -0.388 e. The third kappa shape index (κ3) is 4.41. The molecule has 5 heteroatoms. The van der Waals surface area contributed by atoms with Crippen molar-refractivity contribution in [3.05, 3.63) is 29.8 Å². The lowest BCUT2D eigenvalue weighted by atomic mass is 9.80. The van der Waals surface area contributed by atoms with Gasteiger partial charge in [0.15, 0.2) is 0 Å². The van der Waals surface area contributed by atoms with Crippen molar-refractivity contribution in [2.24, 2.45) is 5.92 Å². The molecule has 3 rings (SSSR count). The lowest BCUT2D eigenvalue weighted by molar-refractivity contribution is -0.0290. The number of benzene rings is 1. The van der Waals surface area contributed by atoms with E-state index in [2.05, 4.69) is 46.7 Å². The Morgan fingerprint density at radius 2 is 1.88 bits per heavy atom. The van der Waals surface area contributed by atoms with E-state index in [9.17, 15) is 9.90 Å². The maximum atomic E-state index is 11.8. The number of aliphatic hydroxyl groups is 1. The molecule has 24 heavy (non-hydrogen) atoms. The number of carbonyl (C=O) groups excluding carboxylic acids is 1. The fraction of sp³-hybridized carbons (Fsp3) is 0.632. The Bertz CT molecular complexity index is 546. The molecular formula is C19H29N3O2. The summed E-state index contributed by atoms with van der Waals surface area (Å²) in [6.45, 7) is 5.42. The first-order valence-electron chi connectivity index (χ1n) is 9.12. The number of piperidine rings is 1. The fourth-order valence-corrected chi connectivity index (χ4v) is 3.34. The van der Waals surface area contributed by atoms with E-state index in [1.807, 2.05) is 0 Å². The maximum absolute atomic E-state index is 11.8. The number of rotatable bonds is 5. The topological polar surface area (TPSA) is 64.6 Å². The monoisotopic (exact) mass is 331 g/mol. The molecule has 5 nitrogen and oxygen atoms in total. The van der Waals surface area contributed by atoms with Gasteiger partial charge >= 0.3 is 6.03 Å². The molecule has 1 heterocycles. The van der Waals surface area contributed by atoms with Crippen LogP contribution in [0.15, 0.2) is 24.3 Å². The number of amides is 2. The van der Waals surface area contributed by atoms with Gasteiger partial charge < -0.3 is 20.6 Å². The number of nitrogens with zero attached hydrogens (tertiary/aromatic N) is 1.